The highest BCUT2D eigenvalue weighted by molar-refractivity contribution is 4.77. The van der Waals surface area contributed by atoms with Crippen molar-refractivity contribution in [2.24, 2.45) is 5.92 Å². The summed E-state index contributed by atoms with van der Waals surface area (Å²) in [5.74, 6) is 0.418. The first kappa shape index (κ1) is 8.97. The van der Waals surface area contributed by atoms with Crippen molar-refractivity contribution in [1.82, 2.24) is 5.32 Å². The van der Waals surface area contributed by atoms with Crippen molar-refractivity contribution in [3.05, 3.63) is 0 Å². The van der Waals surface area contributed by atoms with Crippen LogP contribution in [0.25, 0.3) is 0 Å². The lowest BCUT2D eigenvalue weighted by Crippen LogP contribution is -2.29. The van der Waals surface area contributed by atoms with Crippen molar-refractivity contribution < 1.29 is 10.2 Å². The van der Waals surface area contributed by atoms with Gasteiger partial charge in [-0.15, -0.1) is 0 Å². The summed E-state index contributed by atoms with van der Waals surface area (Å²) >= 11 is 0. The quantitative estimate of drug-likeness (QED) is 0.495. The first-order chi connectivity index (χ1) is 5.34. The van der Waals surface area contributed by atoms with Crippen LogP contribution in [0.2, 0.25) is 0 Å². The fourth-order valence-electron chi connectivity index (χ4n) is 1.62. The van der Waals surface area contributed by atoms with Crippen molar-refractivity contribution in [3.63, 3.8) is 0 Å². The highest BCUT2D eigenvalue weighted by Gasteiger charge is 2.24. The molecule has 0 bridgehead atoms. The van der Waals surface area contributed by atoms with Gasteiger partial charge >= 0.3 is 0 Å². The molecule has 0 aromatic rings. The van der Waals surface area contributed by atoms with Gasteiger partial charge in [-0.05, 0) is 18.8 Å². The Kier molecular flexibility index (Phi) is 3.83. The predicted molar refractivity (Wildman–Crippen MR) is 43.3 cm³/mol. The topological polar surface area (TPSA) is 52.5 Å². The molecule has 11 heavy (non-hydrogen) atoms. The number of aliphatic hydroxyl groups is 2. The fraction of sp³-hybridized carbons (Fsp3) is 1.00. The Labute approximate surface area is 67.4 Å². The maximum absolute atomic E-state index is 9.39. The zero-order valence-corrected chi connectivity index (χ0v) is 6.79. The van der Waals surface area contributed by atoms with Crippen LogP contribution in [-0.4, -0.2) is 36.0 Å². The molecule has 1 fully saturated rings. The number of hydrogen-bond donors (Lipinski definition) is 3. The minimum atomic E-state index is -0.110. The van der Waals surface area contributed by atoms with Crippen molar-refractivity contribution in [2.75, 3.05) is 19.7 Å². The van der Waals surface area contributed by atoms with Crippen molar-refractivity contribution in [3.8, 4) is 0 Å². The molecule has 1 saturated carbocycles. The van der Waals surface area contributed by atoms with Gasteiger partial charge in [0.15, 0.2) is 0 Å². The molecule has 0 aromatic heterocycles. The van der Waals surface area contributed by atoms with E-state index in [4.69, 9.17) is 5.11 Å². The molecule has 3 nitrogen and oxygen atoms in total. The predicted octanol–water partition coefficient (Wildman–Crippen LogP) is -0.271. The van der Waals surface area contributed by atoms with E-state index in [9.17, 15) is 5.11 Å². The van der Waals surface area contributed by atoms with Gasteiger partial charge in [-0.2, -0.15) is 0 Å². The standard InChI is InChI=1S/C8H17NO2/c10-5-4-9-6-7-2-1-3-8(7)11/h7-11H,1-6H2. The van der Waals surface area contributed by atoms with Gasteiger partial charge in [-0.3, -0.25) is 0 Å². The lowest BCUT2D eigenvalue weighted by atomic mass is 10.1. The number of aliphatic hydroxyl groups excluding tert-OH is 2. The van der Waals surface area contributed by atoms with Crippen molar-refractivity contribution >= 4 is 0 Å². The summed E-state index contributed by atoms with van der Waals surface area (Å²) in [5, 5.41) is 21.0. The number of hydrogen-bond acceptors (Lipinski definition) is 3. The molecule has 2 atom stereocenters. The second kappa shape index (κ2) is 4.70. The second-order valence-corrected chi connectivity index (χ2v) is 3.19. The van der Waals surface area contributed by atoms with E-state index in [1.54, 1.807) is 0 Å². The molecule has 0 spiro atoms. The van der Waals surface area contributed by atoms with E-state index in [0.717, 1.165) is 25.8 Å². The van der Waals surface area contributed by atoms with Gasteiger partial charge in [0.25, 0.3) is 0 Å². The van der Waals surface area contributed by atoms with Gasteiger partial charge in [0, 0.05) is 13.1 Å². The number of nitrogens with one attached hydrogen (secondary N) is 1. The Morgan fingerprint density at radius 3 is 2.73 bits per heavy atom. The van der Waals surface area contributed by atoms with Crippen LogP contribution in [0.5, 0.6) is 0 Å². The average molecular weight is 159 g/mol. The van der Waals surface area contributed by atoms with Crippen LogP contribution < -0.4 is 5.32 Å². The summed E-state index contributed by atoms with van der Waals surface area (Å²) in [7, 11) is 0. The summed E-state index contributed by atoms with van der Waals surface area (Å²) in [5.41, 5.74) is 0. The highest BCUT2D eigenvalue weighted by atomic mass is 16.3. The maximum Gasteiger partial charge on any atom is 0.0580 e. The molecule has 66 valence electrons. The molecule has 0 radical (unpaired) electrons. The van der Waals surface area contributed by atoms with Gasteiger partial charge in [0.2, 0.25) is 0 Å². The minimum absolute atomic E-state index is 0.110. The first-order valence-corrected chi connectivity index (χ1v) is 4.34. The third kappa shape index (κ3) is 2.77. The molecule has 0 saturated heterocycles. The summed E-state index contributed by atoms with van der Waals surface area (Å²) in [6, 6.07) is 0. The molecule has 0 aromatic carbocycles. The van der Waals surface area contributed by atoms with Crippen LogP contribution in [0, 0.1) is 5.92 Å². The number of rotatable bonds is 4. The summed E-state index contributed by atoms with van der Waals surface area (Å²) < 4.78 is 0. The van der Waals surface area contributed by atoms with E-state index in [-0.39, 0.29) is 12.7 Å². The first-order valence-electron chi connectivity index (χ1n) is 4.34. The van der Waals surface area contributed by atoms with Crippen molar-refractivity contribution in [2.45, 2.75) is 25.4 Å². The van der Waals surface area contributed by atoms with E-state index < -0.39 is 0 Å². The van der Waals surface area contributed by atoms with E-state index in [1.165, 1.54) is 0 Å². The average Bonchev–Trinajstić information content (AvgIpc) is 2.37. The van der Waals surface area contributed by atoms with E-state index in [0.29, 0.717) is 12.5 Å². The molecule has 1 rings (SSSR count). The molecule has 1 aliphatic rings. The minimum Gasteiger partial charge on any atom is -0.395 e. The Hall–Kier alpha value is -0.120. The molecule has 3 heteroatoms. The lowest BCUT2D eigenvalue weighted by molar-refractivity contribution is 0.130. The van der Waals surface area contributed by atoms with Crippen molar-refractivity contribution in [1.29, 1.82) is 0 Å². The Balaban J connectivity index is 2.05. The molecular weight excluding hydrogens is 142 g/mol. The maximum atomic E-state index is 9.39. The molecule has 0 heterocycles. The van der Waals surface area contributed by atoms with Crippen LogP contribution in [0.4, 0.5) is 0 Å². The van der Waals surface area contributed by atoms with Crippen LogP contribution >= 0.6 is 0 Å². The normalized spacial score (nSPS) is 31.1. The largest absolute Gasteiger partial charge is 0.395 e. The van der Waals surface area contributed by atoms with Crippen LogP contribution in [0.1, 0.15) is 19.3 Å². The molecule has 0 amide bonds. The molecule has 0 aliphatic heterocycles. The Morgan fingerprint density at radius 1 is 1.36 bits per heavy atom. The van der Waals surface area contributed by atoms with Crippen LogP contribution in [-0.2, 0) is 0 Å². The SMILES string of the molecule is OCCNCC1CCCC1O. The third-order valence-electron chi connectivity index (χ3n) is 2.31. The lowest BCUT2D eigenvalue weighted by Gasteiger charge is -2.14. The van der Waals surface area contributed by atoms with E-state index in [1.807, 2.05) is 0 Å². The molecular formula is C8H17NO2. The highest BCUT2D eigenvalue weighted by Crippen LogP contribution is 2.24. The van der Waals surface area contributed by atoms with Crippen LogP contribution in [0.3, 0.4) is 0 Å². The van der Waals surface area contributed by atoms with Crippen LogP contribution in [0.15, 0.2) is 0 Å². The van der Waals surface area contributed by atoms with Gasteiger partial charge in [0.05, 0.1) is 12.7 Å². The monoisotopic (exact) mass is 159 g/mol. The summed E-state index contributed by atoms with van der Waals surface area (Å²) in [6.07, 6.45) is 3.11. The smallest absolute Gasteiger partial charge is 0.0580 e. The third-order valence-corrected chi connectivity index (χ3v) is 2.31. The zero-order chi connectivity index (χ0) is 8.10. The fourth-order valence-corrected chi connectivity index (χ4v) is 1.62. The van der Waals surface area contributed by atoms with E-state index in [2.05, 4.69) is 5.32 Å². The van der Waals surface area contributed by atoms with Gasteiger partial charge in [-0.25, -0.2) is 0 Å². The van der Waals surface area contributed by atoms with E-state index >= 15 is 0 Å². The second-order valence-electron chi connectivity index (χ2n) is 3.19. The van der Waals surface area contributed by atoms with Gasteiger partial charge in [0.1, 0.15) is 0 Å². The summed E-state index contributed by atoms with van der Waals surface area (Å²) in [4.78, 5) is 0. The summed E-state index contributed by atoms with van der Waals surface area (Å²) in [6.45, 7) is 1.67. The Bertz CT molecular complexity index is 108. The van der Waals surface area contributed by atoms with Gasteiger partial charge in [-0.1, -0.05) is 6.42 Å². The molecule has 2 unspecified atom stereocenters. The molecule has 1 aliphatic carbocycles. The zero-order valence-electron chi connectivity index (χ0n) is 6.79. The molecule has 3 N–H and O–H groups in total. The Morgan fingerprint density at radius 2 is 2.18 bits per heavy atom. The van der Waals surface area contributed by atoms with Gasteiger partial charge < -0.3 is 15.5 Å².